The molecule has 0 aliphatic carbocycles. The summed E-state index contributed by atoms with van der Waals surface area (Å²) < 4.78 is 10.3. The molecule has 136 valence electrons. The lowest BCUT2D eigenvalue weighted by molar-refractivity contribution is -0.384. The Hall–Kier alpha value is -2.65. The molecule has 0 aromatic heterocycles. The summed E-state index contributed by atoms with van der Waals surface area (Å²) in [7, 11) is 0. The number of nitro groups is 1. The molecule has 8 nitrogen and oxygen atoms in total. The second kappa shape index (κ2) is 9.16. The summed E-state index contributed by atoms with van der Waals surface area (Å²) in [6.45, 7) is -0.887. The van der Waals surface area contributed by atoms with Gasteiger partial charge in [-0.2, -0.15) is 0 Å². The van der Waals surface area contributed by atoms with Gasteiger partial charge in [0.05, 0.1) is 10.6 Å². The van der Waals surface area contributed by atoms with Gasteiger partial charge >= 0.3 is 5.97 Å². The first-order valence-electron chi connectivity index (χ1n) is 7.13. The van der Waals surface area contributed by atoms with Crippen LogP contribution in [0.25, 0.3) is 0 Å². The van der Waals surface area contributed by atoms with Gasteiger partial charge in [0.2, 0.25) is 0 Å². The summed E-state index contributed by atoms with van der Waals surface area (Å²) >= 11 is 8.86. The van der Waals surface area contributed by atoms with Crippen LogP contribution >= 0.6 is 27.5 Å². The highest BCUT2D eigenvalue weighted by Gasteiger charge is 2.13. The number of carbonyl (C=O) groups excluding carboxylic acids is 2. The Bertz CT molecular complexity index is 828. The minimum Gasteiger partial charge on any atom is -0.482 e. The molecule has 0 saturated carbocycles. The summed E-state index contributed by atoms with van der Waals surface area (Å²) in [5.41, 5.74) is 0.190. The number of nitrogens with one attached hydrogen (secondary N) is 1. The van der Waals surface area contributed by atoms with Gasteiger partial charge < -0.3 is 14.8 Å². The fourth-order valence-corrected chi connectivity index (χ4v) is 2.36. The summed E-state index contributed by atoms with van der Waals surface area (Å²) in [4.78, 5) is 33.5. The molecule has 1 N–H and O–H groups in total. The first-order valence-corrected chi connectivity index (χ1v) is 8.30. The van der Waals surface area contributed by atoms with Gasteiger partial charge in [0, 0.05) is 21.6 Å². The molecule has 0 aliphatic rings. The van der Waals surface area contributed by atoms with Gasteiger partial charge in [-0.25, -0.2) is 4.79 Å². The highest BCUT2D eigenvalue weighted by atomic mass is 79.9. The van der Waals surface area contributed by atoms with E-state index in [0.29, 0.717) is 20.9 Å². The van der Waals surface area contributed by atoms with Crippen LogP contribution in [0.4, 0.5) is 11.4 Å². The van der Waals surface area contributed by atoms with Gasteiger partial charge in [0.1, 0.15) is 5.75 Å². The van der Waals surface area contributed by atoms with Crippen LogP contribution in [0.3, 0.4) is 0 Å². The van der Waals surface area contributed by atoms with Gasteiger partial charge in [-0.15, -0.1) is 0 Å². The van der Waals surface area contributed by atoms with Crippen LogP contribution < -0.4 is 10.1 Å². The molecule has 0 spiro atoms. The van der Waals surface area contributed by atoms with E-state index in [4.69, 9.17) is 21.1 Å². The highest BCUT2D eigenvalue weighted by molar-refractivity contribution is 9.10. The van der Waals surface area contributed by atoms with Crippen molar-refractivity contribution >= 4 is 50.8 Å². The Kier molecular flexibility index (Phi) is 6.93. The van der Waals surface area contributed by atoms with Crippen molar-refractivity contribution in [1.29, 1.82) is 0 Å². The molecule has 0 unspecified atom stereocenters. The normalized spacial score (nSPS) is 10.1. The Morgan fingerprint density at radius 1 is 1.15 bits per heavy atom. The lowest BCUT2D eigenvalue weighted by Gasteiger charge is -2.09. The lowest BCUT2D eigenvalue weighted by Crippen LogP contribution is -2.23. The van der Waals surface area contributed by atoms with Crippen molar-refractivity contribution in [2.24, 2.45) is 0 Å². The second-order valence-corrected chi connectivity index (χ2v) is 6.16. The number of non-ortho nitro benzene ring substituents is 1. The molecular formula is C16H12BrClN2O6. The van der Waals surface area contributed by atoms with Gasteiger partial charge in [-0.05, 0) is 46.3 Å². The van der Waals surface area contributed by atoms with E-state index in [2.05, 4.69) is 21.2 Å². The third kappa shape index (κ3) is 6.01. The molecule has 0 atom stereocenters. The summed E-state index contributed by atoms with van der Waals surface area (Å²) in [5, 5.41) is 13.7. The van der Waals surface area contributed by atoms with Gasteiger partial charge in [-0.1, -0.05) is 11.6 Å². The second-order valence-electron chi connectivity index (χ2n) is 4.87. The molecule has 2 rings (SSSR count). The molecule has 0 fully saturated rings. The van der Waals surface area contributed by atoms with Crippen LogP contribution in [0.15, 0.2) is 46.9 Å². The summed E-state index contributed by atoms with van der Waals surface area (Å²) in [6, 6.07) is 10.3. The first kappa shape index (κ1) is 19.7. The van der Waals surface area contributed by atoms with Crippen LogP contribution in [0, 0.1) is 10.1 Å². The number of amides is 1. The summed E-state index contributed by atoms with van der Waals surface area (Å²) in [6.07, 6.45) is 0. The minimum absolute atomic E-state index is 0.124. The van der Waals surface area contributed by atoms with E-state index in [9.17, 15) is 19.7 Å². The molecule has 1 amide bonds. The number of hydrogen-bond acceptors (Lipinski definition) is 6. The zero-order valence-corrected chi connectivity index (χ0v) is 15.5. The third-order valence-corrected chi connectivity index (χ3v) is 3.88. The number of carbonyl (C=O) groups is 2. The maximum atomic E-state index is 11.8. The van der Waals surface area contributed by atoms with Crippen molar-refractivity contribution in [3.63, 3.8) is 0 Å². The Morgan fingerprint density at radius 3 is 2.46 bits per heavy atom. The van der Waals surface area contributed by atoms with E-state index in [0.717, 1.165) is 0 Å². The molecule has 0 aliphatic heterocycles. The molecule has 0 radical (unpaired) electrons. The number of nitrogens with zero attached hydrogens (tertiary/aromatic N) is 1. The van der Waals surface area contributed by atoms with Gasteiger partial charge in [0.15, 0.2) is 13.2 Å². The van der Waals surface area contributed by atoms with Crippen molar-refractivity contribution in [2.75, 3.05) is 18.5 Å². The van der Waals surface area contributed by atoms with Gasteiger partial charge in [-0.3, -0.25) is 14.9 Å². The van der Waals surface area contributed by atoms with Crippen molar-refractivity contribution in [1.82, 2.24) is 0 Å². The number of anilines is 1. The molecular weight excluding hydrogens is 432 g/mol. The van der Waals surface area contributed by atoms with E-state index < -0.39 is 23.4 Å². The molecule has 10 heteroatoms. The monoisotopic (exact) mass is 442 g/mol. The van der Waals surface area contributed by atoms with Crippen molar-refractivity contribution < 1.29 is 24.0 Å². The van der Waals surface area contributed by atoms with E-state index >= 15 is 0 Å². The average Bonchev–Trinajstić information content (AvgIpc) is 2.61. The Morgan fingerprint density at radius 2 is 1.85 bits per heavy atom. The first-order chi connectivity index (χ1) is 12.3. The topological polar surface area (TPSA) is 108 Å². The average molecular weight is 444 g/mol. The van der Waals surface area contributed by atoms with Crippen LogP contribution in [0.5, 0.6) is 5.75 Å². The predicted octanol–water partition coefficient (Wildman–Crippen LogP) is 3.57. The number of benzene rings is 2. The largest absolute Gasteiger partial charge is 0.482 e. The van der Waals surface area contributed by atoms with Crippen LogP contribution in [-0.2, 0) is 14.3 Å². The molecule has 2 aromatic carbocycles. The Labute approximate surface area is 161 Å². The van der Waals surface area contributed by atoms with Crippen molar-refractivity contribution in [3.8, 4) is 5.75 Å². The molecule has 2 aromatic rings. The van der Waals surface area contributed by atoms with E-state index in [-0.39, 0.29) is 12.3 Å². The van der Waals surface area contributed by atoms with E-state index in [1.807, 2.05) is 0 Å². The van der Waals surface area contributed by atoms with Crippen molar-refractivity contribution in [2.45, 2.75) is 0 Å². The smallest absolute Gasteiger partial charge is 0.344 e. The van der Waals surface area contributed by atoms with Gasteiger partial charge in [0.25, 0.3) is 11.6 Å². The zero-order valence-electron chi connectivity index (χ0n) is 13.1. The molecule has 26 heavy (non-hydrogen) atoms. The SMILES string of the molecule is O=C(COC(=O)COc1ccc(Cl)cc1)Nc1ccc([N+](=O)[O-])cc1Br. The molecule has 0 saturated heterocycles. The fourth-order valence-electron chi connectivity index (χ4n) is 1.77. The van der Waals surface area contributed by atoms with Crippen LogP contribution in [0.2, 0.25) is 5.02 Å². The number of hydrogen-bond donors (Lipinski definition) is 1. The zero-order chi connectivity index (χ0) is 19.1. The van der Waals surface area contributed by atoms with Crippen molar-refractivity contribution in [3.05, 3.63) is 62.1 Å². The predicted molar refractivity (Wildman–Crippen MR) is 97.3 cm³/mol. The lowest BCUT2D eigenvalue weighted by atomic mass is 10.3. The number of ether oxygens (including phenoxy) is 2. The third-order valence-electron chi connectivity index (χ3n) is 2.97. The number of esters is 1. The minimum atomic E-state index is -0.724. The van der Waals surface area contributed by atoms with E-state index in [1.165, 1.54) is 18.2 Å². The highest BCUT2D eigenvalue weighted by Crippen LogP contribution is 2.27. The number of halogens is 2. The van der Waals surface area contributed by atoms with Crippen LogP contribution in [0.1, 0.15) is 0 Å². The summed E-state index contributed by atoms with van der Waals surface area (Å²) in [5.74, 6) is -0.886. The van der Waals surface area contributed by atoms with E-state index in [1.54, 1.807) is 24.3 Å². The number of rotatable bonds is 7. The number of nitro benzene ring substituents is 1. The maximum Gasteiger partial charge on any atom is 0.344 e. The Balaban J connectivity index is 1.78. The molecule has 0 heterocycles. The molecule has 0 bridgehead atoms. The fraction of sp³-hybridized carbons (Fsp3) is 0.125. The standard InChI is InChI=1S/C16H12BrClN2O6/c17-13-7-11(20(23)24)3-6-14(13)19-15(21)8-26-16(22)9-25-12-4-1-10(18)2-5-12/h1-7H,8-9H2,(H,19,21). The van der Waals surface area contributed by atoms with Crippen LogP contribution in [-0.4, -0.2) is 30.0 Å². The maximum absolute atomic E-state index is 11.8. The quantitative estimate of drug-likeness (QED) is 0.398.